The molecule has 2 aromatic rings. The maximum absolute atomic E-state index is 11.7. The highest BCUT2D eigenvalue weighted by Gasteiger charge is 2.10. The summed E-state index contributed by atoms with van der Waals surface area (Å²) in [6.07, 6.45) is 2.83. The summed E-state index contributed by atoms with van der Waals surface area (Å²) >= 11 is 5.90. The fraction of sp³-hybridized carbons (Fsp3) is 0.167. The zero-order valence-electron chi connectivity index (χ0n) is 10.7. The Morgan fingerprint density at radius 3 is 2.86 bits per heavy atom. The molecule has 1 aromatic carbocycles. The lowest BCUT2D eigenvalue weighted by molar-refractivity contribution is -0.143. The van der Waals surface area contributed by atoms with E-state index in [0.717, 1.165) is 0 Å². The summed E-state index contributed by atoms with van der Waals surface area (Å²) in [7, 11) is 0. The number of carbonyl (C=O) groups excluding carboxylic acids is 1. The van der Waals surface area contributed by atoms with Gasteiger partial charge in [0, 0.05) is 5.02 Å². The lowest BCUT2D eigenvalue weighted by Gasteiger charge is -2.11. The van der Waals surface area contributed by atoms with Crippen LogP contribution in [0.1, 0.15) is 0 Å². The van der Waals surface area contributed by atoms with Crippen LogP contribution in [0.2, 0.25) is 5.02 Å². The largest absolute Gasteiger partial charge is 0.480 e. The Hall–Kier alpha value is -2.45. The van der Waals surface area contributed by atoms with Crippen molar-refractivity contribution in [3.8, 4) is 5.69 Å². The zero-order valence-corrected chi connectivity index (χ0v) is 11.4. The van der Waals surface area contributed by atoms with Crippen molar-refractivity contribution in [3.63, 3.8) is 0 Å². The minimum atomic E-state index is -1.14. The number of carboxylic acids is 1. The molecule has 0 atom stereocenters. The molecule has 0 radical (unpaired) electrons. The van der Waals surface area contributed by atoms with E-state index in [0.29, 0.717) is 16.4 Å². The Kier molecular flexibility index (Phi) is 4.85. The Morgan fingerprint density at radius 2 is 2.19 bits per heavy atom. The Bertz CT molecular complexity index is 645. The van der Waals surface area contributed by atoms with Gasteiger partial charge >= 0.3 is 5.97 Å². The van der Waals surface area contributed by atoms with Crippen molar-refractivity contribution in [2.24, 2.45) is 0 Å². The Morgan fingerprint density at radius 1 is 1.38 bits per heavy atom. The number of anilines is 1. The van der Waals surface area contributed by atoms with Crippen LogP contribution in [-0.2, 0) is 14.3 Å². The Labute approximate surface area is 124 Å². The summed E-state index contributed by atoms with van der Waals surface area (Å²) in [6, 6.07) is 4.87. The fourth-order valence-corrected chi connectivity index (χ4v) is 1.73. The second kappa shape index (κ2) is 6.82. The van der Waals surface area contributed by atoms with Gasteiger partial charge in [0.05, 0.1) is 11.4 Å². The molecule has 0 fully saturated rings. The van der Waals surface area contributed by atoms with Gasteiger partial charge in [0.25, 0.3) is 0 Å². The van der Waals surface area contributed by atoms with Crippen LogP contribution >= 0.6 is 11.6 Å². The molecule has 0 bridgehead atoms. The minimum Gasteiger partial charge on any atom is -0.480 e. The molecule has 0 spiro atoms. The Balaban J connectivity index is 2.10. The van der Waals surface area contributed by atoms with Crippen LogP contribution < -0.4 is 5.32 Å². The molecule has 0 aliphatic heterocycles. The van der Waals surface area contributed by atoms with Crippen LogP contribution in [0.25, 0.3) is 5.69 Å². The maximum Gasteiger partial charge on any atom is 0.329 e. The van der Waals surface area contributed by atoms with E-state index in [1.165, 1.54) is 17.3 Å². The number of carbonyl (C=O) groups is 2. The minimum absolute atomic E-state index is 0.379. The number of aliphatic carboxylic acids is 1. The summed E-state index contributed by atoms with van der Waals surface area (Å²) in [6.45, 7) is -0.922. The second-order valence-corrected chi connectivity index (χ2v) is 4.37. The van der Waals surface area contributed by atoms with Crippen molar-refractivity contribution in [2.75, 3.05) is 18.5 Å². The van der Waals surface area contributed by atoms with E-state index in [4.69, 9.17) is 21.4 Å². The van der Waals surface area contributed by atoms with Crippen molar-refractivity contribution in [3.05, 3.63) is 35.9 Å². The average molecular weight is 311 g/mol. The number of hydrogen-bond acceptors (Lipinski definition) is 5. The molecule has 0 unspecified atom stereocenters. The van der Waals surface area contributed by atoms with Crippen LogP contribution in [0.4, 0.5) is 5.69 Å². The van der Waals surface area contributed by atoms with Gasteiger partial charge in [0.2, 0.25) is 5.91 Å². The molecule has 1 amide bonds. The number of halogens is 1. The van der Waals surface area contributed by atoms with Crippen molar-refractivity contribution in [1.82, 2.24) is 14.8 Å². The summed E-state index contributed by atoms with van der Waals surface area (Å²) in [5.41, 5.74) is 0.986. The number of ether oxygens (including phenoxy) is 1. The van der Waals surface area contributed by atoms with E-state index in [-0.39, 0.29) is 6.61 Å². The van der Waals surface area contributed by atoms with Gasteiger partial charge in [-0.2, -0.15) is 5.10 Å². The molecule has 2 rings (SSSR count). The van der Waals surface area contributed by atoms with Crippen LogP contribution in [0, 0.1) is 0 Å². The van der Waals surface area contributed by atoms with Crippen LogP contribution in [0.5, 0.6) is 0 Å². The predicted molar refractivity (Wildman–Crippen MR) is 73.5 cm³/mol. The number of nitrogens with zero attached hydrogens (tertiary/aromatic N) is 3. The maximum atomic E-state index is 11.7. The highest BCUT2D eigenvalue weighted by Crippen LogP contribution is 2.23. The summed E-state index contributed by atoms with van der Waals surface area (Å²) in [5, 5.41) is 15.4. The van der Waals surface area contributed by atoms with Crippen LogP contribution in [0.15, 0.2) is 30.9 Å². The third kappa shape index (κ3) is 4.26. The molecule has 8 nitrogen and oxygen atoms in total. The van der Waals surface area contributed by atoms with Gasteiger partial charge in [-0.05, 0) is 18.2 Å². The first kappa shape index (κ1) is 14.9. The van der Waals surface area contributed by atoms with Crippen LogP contribution in [0.3, 0.4) is 0 Å². The molecule has 21 heavy (non-hydrogen) atoms. The van der Waals surface area contributed by atoms with E-state index >= 15 is 0 Å². The molecule has 9 heteroatoms. The average Bonchev–Trinajstić information content (AvgIpc) is 2.92. The summed E-state index contributed by atoms with van der Waals surface area (Å²) in [5.74, 6) is -1.64. The number of amides is 1. The van der Waals surface area contributed by atoms with E-state index in [1.54, 1.807) is 18.2 Å². The van der Waals surface area contributed by atoms with Crippen LogP contribution in [-0.4, -0.2) is 45.0 Å². The van der Waals surface area contributed by atoms with Gasteiger partial charge in [0.15, 0.2) is 0 Å². The number of benzene rings is 1. The van der Waals surface area contributed by atoms with Gasteiger partial charge < -0.3 is 15.2 Å². The summed E-state index contributed by atoms with van der Waals surface area (Å²) in [4.78, 5) is 25.8. The smallest absolute Gasteiger partial charge is 0.329 e. The SMILES string of the molecule is O=C(O)COCC(=O)Nc1cc(Cl)ccc1-n1cncn1. The first-order chi connectivity index (χ1) is 10.1. The number of aromatic nitrogens is 3. The van der Waals surface area contributed by atoms with Gasteiger partial charge in [-0.3, -0.25) is 4.79 Å². The predicted octanol–water partition coefficient (Wildman–Crippen LogP) is 0.960. The number of rotatable bonds is 6. The standard InChI is InChI=1S/C12H11ClN4O4/c13-8-1-2-10(17-7-14-6-15-17)9(3-8)16-11(18)4-21-5-12(19)20/h1-3,6-7H,4-5H2,(H,16,18)(H,19,20). The highest BCUT2D eigenvalue weighted by molar-refractivity contribution is 6.31. The molecular weight excluding hydrogens is 300 g/mol. The molecule has 0 aliphatic carbocycles. The van der Waals surface area contributed by atoms with E-state index in [1.807, 2.05) is 0 Å². The third-order valence-electron chi connectivity index (χ3n) is 2.36. The molecule has 2 N–H and O–H groups in total. The summed E-state index contributed by atoms with van der Waals surface area (Å²) < 4.78 is 6.17. The van der Waals surface area contributed by atoms with Crippen molar-refractivity contribution >= 4 is 29.2 Å². The van der Waals surface area contributed by atoms with Gasteiger partial charge in [-0.15, -0.1) is 0 Å². The topological polar surface area (TPSA) is 106 Å². The molecule has 0 saturated heterocycles. The quantitative estimate of drug-likeness (QED) is 0.823. The fourth-order valence-electron chi connectivity index (χ4n) is 1.56. The first-order valence-electron chi connectivity index (χ1n) is 5.80. The lowest BCUT2D eigenvalue weighted by atomic mass is 10.2. The molecular formula is C12H11ClN4O4. The molecule has 1 aromatic heterocycles. The highest BCUT2D eigenvalue weighted by atomic mass is 35.5. The monoisotopic (exact) mass is 310 g/mol. The molecule has 0 saturated carbocycles. The number of nitrogens with one attached hydrogen (secondary N) is 1. The van der Waals surface area contributed by atoms with Gasteiger partial charge in [-0.1, -0.05) is 11.6 Å². The lowest BCUT2D eigenvalue weighted by Crippen LogP contribution is -2.21. The first-order valence-corrected chi connectivity index (χ1v) is 6.18. The number of hydrogen-bond donors (Lipinski definition) is 2. The van der Waals surface area contributed by atoms with Crippen molar-refractivity contribution < 1.29 is 19.4 Å². The van der Waals surface area contributed by atoms with E-state index in [9.17, 15) is 9.59 Å². The van der Waals surface area contributed by atoms with Gasteiger partial charge in [-0.25, -0.2) is 14.5 Å². The van der Waals surface area contributed by atoms with Crippen molar-refractivity contribution in [1.29, 1.82) is 0 Å². The normalized spacial score (nSPS) is 10.3. The molecule has 1 heterocycles. The van der Waals surface area contributed by atoms with Gasteiger partial charge in [0.1, 0.15) is 25.9 Å². The van der Waals surface area contributed by atoms with Crippen molar-refractivity contribution in [2.45, 2.75) is 0 Å². The third-order valence-corrected chi connectivity index (χ3v) is 2.59. The van der Waals surface area contributed by atoms with E-state index in [2.05, 4.69) is 15.4 Å². The molecule has 110 valence electrons. The second-order valence-electron chi connectivity index (χ2n) is 3.94. The molecule has 0 aliphatic rings. The zero-order chi connectivity index (χ0) is 15.2. The van der Waals surface area contributed by atoms with E-state index < -0.39 is 18.5 Å². The number of carboxylic acid groups (broad SMARTS) is 1.